The summed E-state index contributed by atoms with van der Waals surface area (Å²) in [6.07, 6.45) is 3.85. The van der Waals surface area contributed by atoms with Crippen molar-refractivity contribution in [3.8, 4) is 5.75 Å². The number of phenolic OH excluding ortho intramolecular Hbond substituents is 1. The van der Waals surface area contributed by atoms with Crippen LogP contribution >= 0.6 is 0 Å². The van der Waals surface area contributed by atoms with Crippen LogP contribution in [0.5, 0.6) is 5.75 Å². The lowest BCUT2D eigenvalue weighted by atomic mass is 9.97. The van der Waals surface area contributed by atoms with Crippen molar-refractivity contribution in [2.45, 2.75) is 51.5 Å². The molecule has 0 unspecified atom stereocenters. The van der Waals surface area contributed by atoms with Gasteiger partial charge >= 0.3 is 0 Å². The van der Waals surface area contributed by atoms with Crippen molar-refractivity contribution in [2.75, 3.05) is 19.6 Å². The molecule has 1 N–H and O–H groups in total. The molecule has 0 saturated carbocycles. The Balaban J connectivity index is 1.25. The summed E-state index contributed by atoms with van der Waals surface area (Å²) in [4.78, 5) is 46.2. The van der Waals surface area contributed by atoms with E-state index in [1.807, 2.05) is 65.5 Å². The molecular weight excluding hydrogens is 640 g/mol. The van der Waals surface area contributed by atoms with Gasteiger partial charge in [-0.2, -0.15) is 5.10 Å². The molecule has 0 spiro atoms. The average Bonchev–Trinajstić information content (AvgIpc) is 3.54. The molecule has 2 fully saturated rings. The summed E-state index contributed by atoms with van der Waals surface area (Å²) in [5.74, 6) is -0.417. The summed E-state index contributed by atoms with van der Waals surface area (Å²) >= 11 is 0. The topological polar surface area (TPSA) is 102 Å². The Labute approximate surface area is 297 Å². The molecular formula is C41H42N6O4. The molecule has 5 aromatic rings. The fourth-order valence-corrected chi connectivity index (χ4v) is 7.43. The predicted octanol–water partition coefficient (Wildman–Crippen LogP) is 5.08. The zero-order valence-corrected chi connectivity index (χ0v) is 28.8. The van der Waals surface area contributed by atoms with Gasteiger partial charge in [0, 0.05) is 31.3 Å². The molecule has 2 aliphatic rings. The van der Waals surface area contributed by atoms with Gasteiger partial charge in [-0.15, -0.1) is 6.58 Å². The molecule has 4 aromatic carbocycles. The molecule has 0 bridgehead atoms. The molecule has 10 heteroatoms. The second-order valence-electron chi connectivity index (χ2n) is 13.4. The van der Waals surface area contributed by atoms with E-state index in [0.717, 1.165) is 33.2 Å². The van der Waals surface area contributed by atoms with Crippen LogP contribution in [0, 0.1) is 6.92 Å². The van der Waals surface area contributed by atoms with Crippen LogP contribution in [0.2, 0.25) is 0 Å². The summed E-state index contributed by atoms with van der Waals surface area (Å²) in [6.45, 7) is 7.22. The van der Waals surface area contributed by atoms with E-state index in [1.54, 1.807) is 50.2 Å². The van der Waals surface area contributed by atoms with E-state index in [1.165, 1.54) is 5.56 Å². The highest BCUT2D eigenvalue weighted by Crippen LogP contribution is 2.31. The van der Waals surface area contributed by atoms with E-state index in [2.05, 4.69) is 31.7 Å². The van der Waals surface area contributed by atoms with Gasteiger partial charge in [-0.1, -0.05) is 96.6 Å². The Morgan fingerprint density at radius 1 is 0.922 bits per heavy atom. The SMILES string of the molecule is C=CCN1CC(=O)N2[C@@H](Cc3ccc(O)cc3)C(=O)N(Cc3cccc4cnn(Cc5cccc(C)c5)c34)C[C@@H]2N1C(=O)CCc1ccccc1. The largest absolute Gasteiger partial charge is 0.508 e. The summed E-state index contributed by atoms with van der Waals surface area (Å²) in [6, 6.07) is 30.0. The van der Waals surface area contributed by atoms with Gasteiger partial charge in [-0.3, -0.25) is 19.1 Å². The van der Waals surface area contributed by atoms with Crippen LogP contribution < -0.4 is 0 Å². The molecule has 3 heterocycles. The summed E-state index contributed by atoms with van der Waals surface area (Å²) in [7, 11) is 0. The van der Waals surface area contributed by atoms with Crippen molar-refractivity contribution < 1.29 is 19.5 Å². The number of hydrogen-bond donors (Lipinski definition) is 1. The lowest BCUT2D eigenvalue weighted by Crippen LogP contribution is -2.75. The first-order chi connectivity index (χ1) is 24.8. The molecule has 260 valence electrons. The number of carbonyl (C=O) groups excluding carboxylic acids is 3. The van der Waals surface area contributed by atoms with Crippen molar-refractivity contribution in [3.63, 3.8) is 0 Å². The minimum absolute atomic E-state index is 0.0452. The third-order valence-corrected chi connectivity index (χ3v) is 9.78. The monoisotopic (exact) mass is 682 g/mol. The second kappa shape index (κ2) is 14.6. The number of aromatic hydroxyl groups is 1. The highest BCUT2D eigenvalue weighted by atomic mass is 16.3. The number of benzene rings is 4. The third-order valence-electron chi connectivity index (χ3n) is 9.78. The predicted molar refractivity (Wildman–Crippen MR) is 195 cm³/mol. The number of hydrogen-bond acceptors (Lipinski definition) is 6. The smallest absolute Gasteiger partial charge is 0.246 e. The van der Waals surface area contributed by atoms with Gasteiger partial charge in [-0.25, -0.2) is 10.0 Å². The number of aryl methyl sites for hydroxylation is 2. The van der Waals surface area contributed by atoms with Crippen LogP contribution in [0.25, 0.3) is 10.9 Å². The Kier molecular flexibility index (Phi) is 9.68. The Bertz CT molecular complexity index is 2060. The number of amides is 3. The summed E-state index contributed by atoms with van der Waals surface area (Å²) in [5.41, 5.74) is 6.01. The van der Waals surface area contributed by atoms with Gasteiger partial charge in [0.2, 0.25) is 17.7 Å². The van der Waals surface area contributed by atoms with Gasteiger partial charge in [0.1, 0.15) is 18.0 Å². The Morgan fingerprint density at radius 3 is 2.45 bits per heavy atom. The van der Waals surface area contributed by atoms with E-state index in [-0.39, 0.29) is 55.9 Å². The lowest BCUT2D eigenvalue weighted by Gasteiger charge is -2.55. The number of para-hydroxylation sites is 1. The van der Waals surface area contributed by atoms with E-state index in [4.69, 9.17) is 5.10 Å². The molecule has 0 radical (unpaired) electrons. The van der Waals surface area contributed by atoms with Crippen molar-refractivity contribution in [3.05, 3.63) is 144 Å². The Morgan fingerprint density at radius 2 is 1.69 bits per heavy atom. The van der Waals surface area contributed by atoms with Crippen molar-refractivity contribution >= 4 is 28.6 Å². The maximum atomic E-state index is 14.6. The molecule has 1 aromatic heterocycles. The summed E-state index contributed by atoms with van der Waals surface area (Å²) in [5, 5.41) is 19.1. The molecule has 7 rings (SSSR count). The fourth-order valence-electron chi connectivity index (χ4n) is 7.43. The van der Waals surface area contributed by atoms with Crippen LogP contribution in [0.15, 0.2) is 116 Å². The first kappa shape index (κ1) is 33.7. The molecule has 3 amide bonds. The quantitative estimate of drug-likeness (QED) is 0.195. The number of fused-ring (bicyclic) bond motifs is 2. The van der Waals surface area contributed by atoms with Crippen LogP contribution in [0.4, 0.5) is 0 Å². The molecule has 2 aliphatic heterocycles. The summed E-state index contributed by atoms with van der Waals surface area (Å²) < 4.78 is 1.98. The van der Waals surface area contributed by atoms with Crippen molar-refractivity contribution in [2.24, 2.45) is 0 Å². The van der Waals surface area contributed by atoms with Crippen LogP contribution in [0.3, 0.4) is 0 Å². The van der Waals surface area contributed by atoms with E-state index in [9.17, 15) is 19.5 Å². The minimum atomic E-state index is -0.854. The second-order valence-corrected chi connectivity index (χ2v) is 13.4. The van der Waals surface area contributed by atoms with Gasteiger partial charge in [0.05, 0.1) is 31.3 Å². The number of rotatable bonds is 11. The first-order valence-electron chi connectivity index (χ1n) is 17.4. The standard InChI is InChI=1S/C41H42N6O4/c1-3-21-44-28-39(50)46-36(23-31-15-18-35(48)19-16-31)41(51)43(27-37(46)47(44)38(49)20-17-30-10-5-4-6-11-30)26-34-14-8-13-33-24-42-45(40(33)34)25-32-12-7-9-29(2)22-32/h3-16,18-19,22,24,36-37,48H,1,17,20-21,23,25-28H2,2H3/t36-,37-/m0/s1. The van der Waals surface area contributed by atoms with E-state index >= 15 is 0 Å². The van der Waals surface area contributed by atoms with Gasteiger partial charge in [-0.05, 0) is 47.7 Å². The maximum absolute atomic E-state index is 14.6. The molecule has 10 nitrogen and oxygen atoms in total. The molecule has 51 heavy (non-hydrogen) atoms. The Hall–Kier alpha value is -5.74. The van der Waals surface area contributed by atoms with Gasteiger partial charge < -0.3 is 14.9 Å². The minimum Gasteiger partial charge on any atom is -0.508 e. The number of phenols is 1. The fraction of sp³-hybridized carbons (Fsp3) is 0.268. The average molecular weight is 683 g/mol. The number of piperazine rings is 1. The molecule has 2 atom stereocenters. The first-order valence-corrected chi connectivity index (χ1v) is 17.4. The van der Waals surface area contributed by atoms with E-state index in [0.29, 0.717) is 19.5 Å². The molecule has 0 aliphatic carbocycles. The van der Waals surface area contributed by atoms with E-state index < -0.39 is 12.2 Å². The van der Waals surface area contributed by atoms with Crippen LogP contribution in [0.1, 0.15) is 34.2 Å². The zero-order valence-electron chi connectivity index (χ0n) is 28.8. The van der Waals surface area contributed by atoms with Crippen molar-refractivity contribution in [1.29, 1.82) is 0 Å². The normalized spacial score (nSPS) is 17.9. The van der Waals surface area contributed by atoms with Crippen LogP contribution in [-0.2, 0) is 40.3 Å². The zero-order chi connectivity index (χ0) is 35.5. The van der Waals surface area contributed by atoms with Crippen molar-refractivity contribution in [1.82, 2.24) is 29.6 Å². The molecule has 2 saturated heterocycles. The van der Waals surface area contributed by atoms with Gasteiger partial charge in [0.15, 0.2) is 0 Å². The lowest BCUT2D eigenvalue weighted by molar-refractivity contribution is -0.205. The number of carbonyl (C=O) groups is 3. The number of hydrazine groups is 1. The van der Waals surface area contributed by atoms with Crippen LogP contribution in [-0.4, -0.2) is 84.3 Å². The highest BCUT2D eigenvalue weighted by Gasteiger charge is 2.51. The third kappa shape index (κ3) is 7.13. The van der Waals surface area contributed by atoms with Gasteiger partial charge in [0.25, 0.3) is 0 Å². The highest BCUT2D eigenvalue weighted by molar-refractivity contribution is 5.92. The number of aromatic nitrogens is 2. The number of nitrogens with zero attached hydrogens (tertiary/aromatic N) is 6. The maximum Gasteiger partial charge on any atom is 0.246 e.